The number of carbonyl (C=O) groups is 1. The molecule has 2 aromatic carbocycles. The van der Waals surface area contributed by atoms with E-state index >= 15 is 0 Å². The van der Waals surface area contributed by atoms with Gasteiger partial charge in [0, 0.05) is 24.3 Å². The van der Waals surface area contributed by atoms with E-state index in [-0.39, 0.29) is 29.3 Å². The number of morpholine rings is 1. The van der Waals surface area contributed by atoms with Gasteiger partial charge in [0.05, 0.1) is 25.2 Å². The van der Waals surface area contributed by atoms with E-state index in [0.717, 1.165) is 6.07 Å². The number of sulfonamides is 1. The van der Waals surface area contributed by atoms with Gasteiger partial charge in [-0.05, 0) is 42.8 Å². The van der Waals surface area contributed by atoms with Crippen LogP contribution >= 0.6 is 0 Å². The van der Waals surface area contributed by atoms with Gasteiger partial charge in [-0.2, -0.15) is 4.31 Å². The van der Waals surface area contributed by atoms with E-state index in [4.69, 9.17) is 9.47 Å². The molecule has 1 aliphatic rings. The third-order valence-corrected chi connectivity index (χ3v) is 6.49. The van der Waals surface area contributed by atoms with Gasteiger partial charge in [0.2, 0.25) is 10.0 Å². The number of hydrogen-bond donors (Lipinski definition) is 1. The molecule has 0 bridgehead atoms. The smallest absolute Gasteiger partial charge is 0.255 e. The summed E-state index contributed by atoms with van der Waals surface area (Å²) in [5.41, 5.74) is 0.968. The van der Waals surface area contributed by atoms with Crippen LogP contribution in [0.4, 0.5) is 10.1 Å². The highest BCUT2D eigenvalue weighted by Gasteiger charge is 2.28. The molecule has 1 amide bonds. The lowest BCUT2D eigenvalue weighted by Gasteiger charge is -2.26. The second kappa shape index (κ2) is 8.26. The molecule has 28 heavy (non-hydrogen) atoms. The molecule has 0 aliphatic carbocycles. The van der Waals surface area contributed by atoms with E-state index in [1.54, 1.807) is 19.1 Å². The minimum Gasteiger partial charge on any atom is -0.494 e. The number of ether oxygens (including phenoxy) is 2. The molecule has 1 saturated heterocycles. The van der Waals surface area contributed by atoms with E-state index in [2.05, 4.69) is 5.32 Å². The number of carbonyl (C=O) groups excluding carboxylic acids is 1. The molecule has 0 aromatic heterocycles. The molecular weight excluding hydrogens is 387 g/mol. The van der Waals surface area contributed by atoms with Gasteiger partial charge in [0.1, 0.15) is 0 Å². The number of nitrogens with zero attached hydrogens (tertiary/aromatic N) is 1. The zero-order valence-electron chi connectivity index (χ0n) is 15.6. The fraction of sp³-hybridized carbons (Fsp3) is 0.316. The van der Waals surface area contributed by atoms with E-state index in [1.807, 2.05) is 0 Å². The predicted octanol–water partition coefficient (Wildman–Crippen LogP) is 2.42. The zero-order chi connectivity index (χ0) is 20.3. The lowest BCUT2D eigenvalue weighted by Crippen LogP contribution is -2.40. The molecule has 9 heteroatoms. The summed E-state index contributed by atoms with van der Waals surface area (Å²) >= 11 is 0. The first kappa shape index (κ1) is 20.2. The number of anilines is 1. The molecule has 1 fully saturated rings. The van der Waals surface area contributed by atoms with Crippen molar-refractivity contribution in [2.75, 3.05) is 38.7 Å². The molecule has 1 aliphatic heterocycles. The van der Waals surface area contributed by atoms with Gasteiger partial charge in [-0.1, -0.05) is 6.07 Å². The highest BCUT2D eigenvalue weighted by Crippen LogP contribution is 2.25. The number of rotatable bonds is 5. The largest absolute Gasteiger partial charge is 0.494 e. The van der Waals surface area contributed by atoms with E-state index in [0.29, 0.717) is 24.5 Å². The third-order valence-electron chi connectivity index (χ3n) is 4.45. The summed E-state index contributed by atoms with van der Waals surface area (Å²) in [5, 5.41) is 2.61. The van der Waals surface area contributed by atoms with Crippen molar-refractivity contribution in [3.8, 4) is 5.75 Å². The van der Waals surface area contributed by atoms with Gasteiger partial charge < -0.3 is 14.8 Å². The average Bonchev–Trinajstić information content (AvgIpc) is 2.69. The normalized spacial score (nSPS) is 15.2. The van der Waals surface area contributed by atoms with Crippen LogP contribution < -0.4 is 10.1 Å². The summed E-state index contributed by atoms with van der Waals surface area (Å²) in [6.45, 7) is 2.94. The number of benzene rings is 2. The Morgan fingerprint density at radius 1 is 1.18 bits per heavy atom. The average molecular weight is 408 g/mol. The number of halogens is 1. The van der Waals surface area contributed by atoms with Crippen molar-refractivity contribution in [2.24, 2.45) is 0 Å². The van der Waals surface area contributed by atoms with Gasteiger partial charge >= 0.3 is 0 Å². The number of amides is 1. The zero-order valence-corrected chi connectivity index (χ0v) is 16.4. The third kappa shape index (κ3) is 4.16. The Kier molecular flexibility index (Phi) is 5.97. The Morgan fingerprint density at radius 2 is 1.89 bits per heavy atom. The maximum Gasteiger partial charge on any atom is 0.255 e. The lowest BCUT2D eigenvalue weighted by molar-refractivity contribution is 0.0730. The molecule has 7 nitrogen and oxygen atoms in total. The van der Waals surface area contributed by atoms with Crippen LogP contribution in [0.2, 0.25) is 0 Å². The fourth-order valence-electron chi connectivity index (χ4n) is 2.89. The minimum atomic E-state index is -3.71. The monoisotopic (exact) mass is 408 g/mol. The highest BCUT2D eigenvalue weighted by molar-refractivity contribution is 7.89. The predicted molar refractivity (Wildman–Crippen MR) is 102 cm³/mol. The van der Waals surface area contributed by atoms with Gasteiger partial charge in [-0.3, -0.25) is 4.79 Å². The Balaban J connectivity index is 1.85. The lowest BCUT2D eigenvalue weighted by atomic mass is 10.1. The van der Waals surface area contributed by atoms with Crippen molar-refractivity contribution in [1.29, 1.82) is 0 Å². The van der Waals surface area contributed by atoms with Crippen molar-refractivity contribution in [3.05, 3.63) is 53.3 Å². The van der Waals surface area contributed by atoms with Crippen molar-refractivity contribution in [1.82, 2.24) is 4.31 Å². The van der Waals surface area contributed by atoms with Crippen LogP contribution in [-0.4, -0.2) is 52.0 Å². The molecule has 0 spiro atoms. The molecule has 2 aromatic rings. The fourth-order valence-corrected chi connectivity index (χ4v) is 4.55. The first-order valence-corrected chi connectivity index (χ1v) is 10.1. The van der Waals surface area contributed by atoms with E-state index in [9.17, 15) is 17.6 Å². The Morgan fingerprint density at radius 3 is 2.54 bits per heavy atom. The quantitative estimate of drug-likeness (QED) is 0.821. The van der Waals surface area contributed by atoms with Crippen molar-refractivity contribution >= 4 is 21.6 Å². The molecule has 0 atom stereocenters. The molecule has 3 rings (SSSR count). The second-order valence-corrected chi connectivity index (χ2v) is 8.21. The van der Waals surface area contributed by atoms with Crippen LogP contribution in [0, 0.1) is 12.7 Å². The summed E-state index contributed by atoms with van der Waals surface area (Å²) in [7, 11) is -2.37. The van der Waals surface area contributed by atoms with Gasteiger partial charge in [0.25, 0.3) is 5.91 Å². The number of methoxy groups -OCH3 is 1. The standard InChI is InChI=1S/C19H21FN2O5S/c1-13-3-5-15(12-18(13)28(24,25)22-7-9-27-10-8-22)21-19(23)14-4-6-17(26-2)16(20)11-14/h3-6,11-12H,7-10H2,1-2H3,(H,21,23). The molecule has 1 N–H and O–H groups in total. The van der Waals surface area contributed by atoms with Crippen LogP contribution in [0.3, 0.4) is 0 Å². The molecule has 0 saturated carbocycles. The van der Waals surface area contributed by atoms with E-state index < -0.39 is 21.7 Å². The molecule has 150 valence electrons. The Hall–Kier alpha value is -2.49. The minimum absolute atomic E-state index is 0.0331. The first-order chi connectivity index (χ1) is 13.3. The van der Waals surface area contributed by atoms with Crippen LogP contribution in [0.15, 0.2) is 41.3 Å². The molecule has 0 radical (unpaired) electrons. The SMILES string of the molecule is COc1ccc(C(=O)Nc2ccc(C)c(S(=O)(=O)N3CCOCC3)c2)cc1F. The highest BCUT2D eigenvalue weighted by atomic mass is 32.2. The Bertz CT molecular complexity index is 988. The molecule has 1 heterocycles. The van der Waals surface area contributed by atoms with Crippen molar-refractivity contribution in [2.45, 2.75) is 11.8 Å². The summed E-state index contributed by atoms with van der Waals surface area (Å²) < 4.78 is 51.1. The molecular formula is C19H21FN2O5S. The summed E-state index contributed by atoms with van der Waals surface area (Å²) in [5.74, 6) is -1.18. The maximum absolute atomic E-state index is 13.8. The van der Waals surface area contributed by atoms with Crippen molar-refractivity contribution < 1.29 is 27.1 Å². The van der Waals surface area contributed by atoms with Crippen LogP contribution in [0.25, 0.3) is 0 Å². The van der Waals surface area contributed by atoms with Gasteiger partial charge in [0.15, 0.2) is 11.6 Å². The topological polar surface area (TPSA) is 84.9 Å². The Labute approximate surface area is 163 Å². The summed E-state index contributed by atoms with van der Waals surface area (Å²) in [6.07, 6.45) is 0. The number of aryl methyl sites for hydroxylation is 1. The van der Waals surface area contributed by atoms with Gasteiger partial charge in [-0.15, -0.1) is 0 Å². The van der Waals surface area contributed by atoms with Crippen LogP contribution in [0.5, 0.6) is 5.75 Å². The van der Waals surface area contributed by atoms with E-state index in [1.165, 1.54) is 29.6 Å². The van der Waals surface area contributed by atoms with Gasteiger partial charge in [-0.25, -0.2) is 12.8 Å². The second-order valence-electron chi connectivity index (χ2n) is 6.30. The summed E-state index contributed by atoms with van der Waals surface area (Å²) in [6, 6.07) is 8.49. The first-order valence-electron chi connectivity index (χ1n) is 8.66. The number of nitrogens with one attached hydrogen (secondary N) is 1. The summed E-state index contributed by atoms with van der Waals surface area (Å²) in [4.78, 5) is 12.5. The number of hydrogen-bond acceptors (Lipinski definition) is 5. The van der Waals surface area contributed by atoms with Crippen LogP contribution in [0.1, 0.15) is 15.9 Å². The van der Waals surface area contributed by atoms with Crippen LogP contribution in [-0.2, 0) is 14.8 Å². The maximum atomic E-state index is 13.8. The van der Waals surface area contributed by atoms with Crippen molar-refractivity contribution in [3.63, 3.8) is 0 Å². The molecule has 0 unspecified atom stereocenters.